The molecule has 0 unspecified atom stereocenters. The molecular formula is C31H26BrClNO2PS. The predicted octanol–water partition coefficient (Wildman–Crippen LogP) is 7.65. The quantitative estimate of drug-likeness (QED) is 0.132. The van der Waals surface area contributed by atoms with Crippen LogP contribution in [0, 0.1) is 6.92 Å². The number of carbonyl (C=O) groups excluding carboxylic acids is 1. The third-order valence-corrected chi connectivity index (χ3v) is 17.5. The summed E-state index contributed by atoms with van der Waals surface area (Å²) in [6.07, 6.45) is 0.186. The number of ether oxygens (including phenoxy) is 1. The first-order valence-corrected chi connectivity index (χ1v) is 17.8. The molecule has 0 aliphatic heterocycles. The summed E-state index contributed by atoms with van der Waals surface area (Å²) in [4.78, 5) is 19.4. The summed E-state index contributed by atoms with van der Waals surface area (Å²) in [5.41, 5.74) is 1.85. The Morgan fingerprint density at radius 3 is 1.76 bits per heavy atom. The average Bonchev–Trinajstić information content (AvgIpc) is 3.34. The van der Waals surface area contributed by atoms with Gasteiger partial charge in [0.2, 0.25) is 0 Å². The fraction of sp³-hybridized carbons (Fsp3) is 0.0968. The standard InChI is InChI=1S/C31H26BrClNO2PS/c1-23-29(38-31(34-23)24-17-19-25(33)20-18-24)21-36-30(35)22-37(32,26-11-5-2-6-12-26,27-13-7-3-8-14-27)28-15-9-4-10-16-28/h2-20H,21-22H2,1H3. The molecule has 1 heterocycles. The van der Waals surface area contributed by atoms with Crippen molar-refractivity contribution in [2.24, 2.45) is 0 Å². The van der Waals surface area contributed by atoms with Crippen LogP contribution in [0.1, 0.15) is 10.6 Å². The van der Waals surface area contributed by atoms with E-state index in [1.807, 2.05) is 85.8 Å². The van der Waals surface area contributed by atoms with Crippen LogP contribution in [0.25, 0.3) is 10.6 Å². The average molecular weight is 623 g/mol. The van der Waals surface area contributed by atoms with E-state index in [0.29, 0.717) is 5.02 Å². The second-order valence-corrected chi connectivity index (χ2v) is 19.5. The van der Waals surface area contributed by atoms with Gasteiger partial charge >= 0.3 is 241 Å². The molecule has 0 atom stereocenters. The van der Waals surface area contributed by atoms with Crippen molar-refractivity contribution in [3.63, 3.8) is 0 Å². The zero-order chi connectivity index (χ0) is 26.6. The molecule has 1 aromatic heterocycles. The van der Waals surface area contributed by atoms with Crippen LogP contribution < -0.4 is 15.9 Å². The van der Waals surface area contributed by atoms with E-state index in [1.165, 1.54) is 11.3 Å². The van der Waals surface area contributed by atoms with Crippen LogP contribution in [-0.4, -0.2) is 17.1 Å². The number of halogens is 2. The van der Waals surface area contributed by atoms with Gasteiger partial charge < -0.3 is 0 Å². The summed E-state index contributed by atoms with van der Waals surface area (Å²) in [5, 5.41) is 1.39. The zero-order valence-electron chi connectivity index (χ0n) is 20.8. The Bertz CT molecular complexity index is 1440. The number of aryl methyl sites for hydroxylation is 1. The van der Waals surface area contributed by atoms with Crippen LogP contribution in [-0.2, 0) is 16.1 Å². The van der Waals surface area contributed by atoms with E-state index >= 15 is 0 Å². The number of esters is 1. The molecule has 192 valence electrons. The Kier molecular flexibility index (Phi) is 7.83. The molecule has 0 saturated carbocycles. The van der Waals surface area contributed by atoms with Gasteiger partial charge in [-0.25, -0.2) is 0 Å². The van der Waals surface area contributed by atoms with Crippen molar-refractivity contribution in [2.45, 2.75) is 13.5 Å². The van der Waals surface area contributed by atoms with Gasteiger partial charge in [-0.3, -0.25) is 0 Å². The van der Waals surface area contributed by atoms with Crippen molar-refractivity contribution in [3.8, 4) is 10.6 Å². The summed E-state index contributed by atoms with van der Waals surface area (Å²) in [7, 11) is 0. The van der Waals surface area contributed by atoms with Gasteiger partial charge in [-0.2, -0.15) is 0 Å². The van der Waals surface area contributed by atoms with Crippen LogP contribution in [0.15, 0.2) is 115 Å². The van der Waals surface area contributed by atoms with Gasteiger partial charge in [0.15, 0.2) is 0 Å². The molecule has 0 spiro atoms. The van der Waals surface area contributed by atoms with E-state index in [9.17, 15) is 4.79 Å². The molecule has 0 saturated heterocycles. The predicted molar refractivity (Wildman–Crippen MR) is 166 cm³/mol. The summed E-state index contributed by atoms with van der Waals surface area (Å²) in [6, 6.07) is 38.3. The molecule has 3 nitrogen and oxygen atoms in total. The van der Waals surface area contributed by atoms with Crippen LogP contribution in [0.3, 0.4) is 0 Å². The van der Waals surface area contributed by atoms with Gasteiger partial charge in [0.05, 0.1) is 0 Å². The van der Waals surface area contributed by atoms with Gasteiger partial charge in [0, 0.05) is 0 Å². The van der Waals surface area contributed by atoms with Crippen molar-refractivity contribution in [2.75, 3.05) is 6.16 Å². The Hall–Kier alpha value is -2.82. The van der Waals surface area contributed by atoms with Crippen LogP contribution in [0.5, 0.6) is 0 Å². The second-order valence-electron chi connectivity index (χ2n) is 9.04. The molecule has 0 N–H and O–H groups in total. The first-order chi connectivity index (χ1) is 18.4. The number of nitrogens with zero attached hydrogens (tertiary/aromatic N) is 1. The topological polar surface area (TPSA) is 39.2 Å². The van der Waals surface area contributed by atoms with Crippen molar-refractivity contribution in [1.29, 1.82) is 0 Å². The molecule has 0 bridgehead atoms. The third kappa shape index (κ3) is 5.09. The Labute approximate surface area is 240 Å². The van der Waals surface area contributed by atoms with E-state index < -0.39 is 5.31 Å². The molecule has 7 heteroatoms. The van der Waals surface area contributed by atoms with Gasteiger partial charge in [-0.1, -0.05) is 0 Å². The number of aromatic nitrogens is 1. The molecule has 0 radical (unpaired) electrons. The fourth-order valence-corrected chi connectivity index (χ4v) is 12.9. The van der Waals surface area contributed by atoms with Crippen LogP contribution >= 0.6 is 43.7 Å². The van der Waals surface area contributed by atoms with Crippen LogP contribution in [0.4, 0.5) is 0 Å². The Morgan fingerprint density at radius 2 is 1.29 bits per heavy atom. The molecular weight excluding hydrogens is 597 g/mol. The summed E-state index contributed by atoms with van der Waals surface area (Å²) < 4.78 is 5.98. The Morgan fingerprint density at radius 1 is 0.816 bits per heavy atom. The number of carbonyl (C=O) groups is 1. The number of hydrogen-bond acceptors (Lipinski definition) is 4. The molecule has 0 amide bonds. The van der Waals surface area contributed by atoms with E-state index in [1.54, 1.807) is 0 Å². The number of thiazole rings is 1. The SMILES string of the molecule is Cc1nc(-c2ccc(Cl)cc2)sc1COC(=O)CP(Br)(c1ccccc1)(c1ccccc1)c1ccccc1. The number of hydrogen-bond donors (Lipinski definition) is 0. The molecule has 5 rings (SSSR count). The van der Waals surface area contributed by atoms with E-state index in [2.05, 4.69) is 51.9 Å². The zero-order valence-corrected chi connectivity index (χ0v) is 24.8. The van der Waals surface area contributed by atoms with Gasteiger partial charge in [-0.15, -0.1) is 0 Å². The van der Waals surface area contributed by atoms with E-state index in [4.69, 9.17) is 21.3 Å². The molecule has 0 aliphatic rings. The summed E-state index contributed by atoms with van der Waals surface area (Å²) in [6.45, 7) is 2.12. The fourth-order valence-electron chi connectivity index (χ4n) is 4.65. The number of benzene rings is 4. The second kappa shape index (κ2) is 11.1. The minimum absolute atomic E-state index is 0.174. The van der Waals surface area contributed by atoms with E-state index in [-0.39, 0.29) is 18.7 Å². The molecule has 38 heavy (non-hydrogen) atoms. The summed E-state index contributed by atoms with van der Waals surface area (Å²) in [5.74, 6) is -0.267. The molecule has 4 aromatic carbocycles. The van der Waals surface area contributed by atoms with Gasteiger partial charge in [-0.05, 0) is 0 Å². The monoisotopic (exact) mass is 621 g/mol. The van der Waals surface area contributed by atoms with Gasteiger partial charge in [0.1, 0.15) is 0 Å². The molecule has 0 fully saturated rings. The molecule has 5 aromatic rings. The summed E-state index contributed by atoms with van der Waals surface area (Å²) >= 11 is 11.9. The van der Waals surface area contributed by atoms with Crippen molar-refractivity contribution in [3.05, 3.63) is 131 Å². The maximum atomic E-state index is 13.7. The first kappa shape index (κ1) is 26.8. The normalized spacial score (nSPS) is 12.4. The first-order valence-electron chi connectivity index (χ1n) is 12.2. The van der Waals surface area contributed by atoms with Crippen LogP contribution in [0.2, 0.25) is 5.02 Å². The maximum absolute atomic E-state index is 13.7. The van der Waals surface area contributed by atoms with Crippen molar-refractivity contribution in [1.82, 2.24) is 4.98 Å². The van der Waals surface area contributed by atoms with Gasteiger partial charge in [0.25, 0.3) is 0 Å². The van der Waals surface area contributed by atoms with E-state index in [0.717, 1.165) is 37.1 Å². The Balaban J connectivity index is 1.49. The molecule has 0 aliphatic carbocycles. The third-order valence-electron chi connectivity index (χ3n) is 6.66. The number of rotatable bonds is 8. The van der Waals surface area contributed by atoms with Crippen molar-refractivity contribution < 1.29 is 9.53 Å². The minimum atomic E-state index is -3.40. The van der Waals surface area contributed by atoms with Crippen molar-refractivity contribution >= 4 is 65.6 Å².